The number of rotatable bonds is 6. The Hall–Kier alpha value is -4.13. The van der Waals surface area contributed by atoms with Gasteiger partial charge in [0.1, 0.15) is 13.2 Å². The molecule has 0 spiro atoms. The van der Waals surface area contributed by atoms with E-state index in [1.54, 1.807) is 19.1 Å². The average Bonchev–Trinajstić information content (AvgIpc) is 3.11. The molecule has 1 aliphatic rings. The zero-order chi connectivity index (χ0) is 22.7. The van der Waals surface area contributed by atoms with Crippen molar-refractivity contribution in [1.29, 1.82) is 0 Å². The van der Waals surface area contributed by atoms with Gasteiger partial charge in [-0.3, -0.25) is 4.79 Å². The second-order valence-corrected chi connectivity index (χ2v) is 7.53. The Morgan fingerprint density at radius 3 is 2.16 bits per heavy atom. The van der Waals surface area contributed by atoms with Gasteiger partial charge >= 0.3 is 12.1 Å². The normalized spacial score (nSPS) is 11.9. The summed E-state index contributed by atoms with van der Waals surface area (Å²) in [5, 5.41) is 14.3. The molecular weight excluding hydrogens is 408 g/mol. The Morgan fingerprint density at radius 2 is 1.53 bits per heavy atom. The second kappa shape index (κ2) is 8.93. The maximum Gasteiger partial charge on any atom is 0.407 e. The molecule has 0 aromatic heterocycles. The van der Waals surface area contributed by atoms with Crippen molar-refractivity contribution in [2.24, 2.45) is 0 Å². The quantitative estimate of drug-likeness (QED) is 0.544. The maximum absolute atomic E-state index is 12.3. The molecule has 0 heterocycles. The highest BCUT2D eigenvalue weighted by Gasteiger charge is 2.29. The highest BCUT2D eigenvalue weighted by Crippen LogP contribution is 2.44. The number of nitrogens with one attached hydrogen (secondary N) is 2. The van der Waals surface area contributed by atoms with Crippen LogP contribution in [0.25, 0.3) is 11.1 Å². The van der Waals surface area contributed by atoms with E-state index in [-0.39, 0.29) is 30.3 Å². The molecule has 4 rings (SSSR count). The monoisotopic (exact) mass is 430 g/mol. The van der Waals surface area contributed by atoms with Gasteiger partial charge in [-0.2, -0.15) is 0 Å². The highest BCUT2D eigenvalue weighted by molar-refractivity contribution is 6.02. The van der Waals surface area contributed by atoms with Gasteiger partial charge in [0.25, 0.3) is 0 Å². The van der Waals surface area contributed by atoms with Gasteiger partial charge in [0, 0.05) is 5.92 Å². The summed E-state index contributed by atoms with van der Waals surface area (Å²) in [7, 11) is 0. The molecule has 7 heteroatoms. The van der Waals surface area contributed by atoms with Crippen LogP contribution in [-0.2, 0) is 9.53 Å². The number of anilines is 1. The number of aryl methyl sites for hydroxylation is 1. The molecule has 3 aromatic carbocycles. The molecule has 7 nitrogen and oxygen atoms in total. The van der Waals surface area contributed by atoms with E-state index in [2.05, 4.69) is 22.8 Å². The van der Waals surface area contributed by atoms with Crippen LogP contribution in [0.4, 0.5) is 10.5 Å². The van der Waals surface area contributed by atoms with Crippen LogP contribution in [-0.4, -0.2) is 36.2 Å². The minimum atomic E-state index is -1.14. The van der Waals surface area contributed by atoms with Gasteiger partial charge < -0.3 is 20.5 Å². The predicted octanol–water partition coefficient (Wildman–Crippen LogP) is 4.17. The van der Waals surface area contributed by atoms with Crippen molar-refractivity contribution in [2.75, 3.05) is 18.5 Å². The van der Waals surface area contributed by atoms with Gasteiger partial charge in [-0.15, -0.1) is 0 Å². The average molecular weight is 430 g/mol. The Balaban J connectivity index is 1.35. The van der Waals surface area contributed by atoms with E-state index >= 15 is 0 Å². The van der Waals surface area contributed by atoms with Crippen LogP contribution in [0, 0.1) is 6.92 Å². The van der Waals surface area contributed by atoms with E-state index in [0.717, 1.165) is 22.3 Å². The topological polar surface area (TPSA) is 105 Å². The molecule has 0 fully saturated rings. The van der Waals surface area contributed by atoms with E-state index in [9.17, 15) is 19.5 Å². The van der Waals surface area contributed by atoms with Crippen LogP contribution in [0.1, 0.15) is 33.0 Å². The van der Waals surface area contributed by atoms with E-state index in [1.807, 2.05) is 36.4 Å². The minimum Gasteiger partial charge on any atom is -0.478 e. The number of carbonyl (C=O) groups excluding carboxylic acids is 2. The van der Waals surface area contributed by atoms with Gasteiger partial charge in [-0.05, 0) is 40.8 Å². The fourth-order valence-corrected chi connectivity index (χ4v) is 4.00. The summed E-state index contributed by atoms with van der Waals surface area (Å²) in [5.41, 5.74) is 5.26. The van der Waals surface area contributed by atoms with Gasteiger partial charge in [0.05, 0.1) is 11.3 Å². The molecule has 0 unspecified atom stereocenters. The Bertz CT molecular complexity index is 1160. The lowest BCUT2D eigenvalue weighted by atomic mass is 9.98. The van der Waals surface area contributed by atoms with Crippen molar-refractivity contribution in [3.05, 3.63) is 89.0 Å². The predicted molar refractivity (Wildman–Crippen MR) is 120 cm³/mol. The highest BCUT2D eigenvalue weighted by atomic mass is 16.5. The van der Waals surface area contributed by atoms with Crippen LogP contribution in [0.15, 0.2) is 66.7 Å². The molecular formula is C25H22N2O5. The standard InChI is InChI=1S/C25H22N2O5/c1-15-7-6-12-20(24(29)30)23(15)27-22(28)13-26-25(31)32-14-21-18-10-4-2-8-16(18)17-9-3-5-11-19(17)21/h2-12,21H,13-14H2,1H3,(H,26,31)(H,27,28)(H,29,30). The van der Waals surface area contributed by atoms with Crippen LogP contribution in [0.3, 0.4) is 0 Å². The van der Waals surface area contributed by atoms with Gasteiger partial charge in [-0.25, -0.2) is 9.59 Å². The SMILES string of the molecule is Cc1cccc(C(=O)O)c1NC(=O)CNC(=O)OCC1c2ccccc2-c2ccccc21. The summed E-state index contributed by atoms with van der Waals surface area (Å²) in [6.07, 6.45) is -0.717. The largest absolute Gasteiger partial charge is 0.478 e. The summed E-state index contributed by atoms with van der Waals surface area (Å²) in [6, 6.07) is 20.7. The number of benzene rings is 3. The summed E-state index contributed by atoms with van der Waals surface area (Å²) >= 11 is 0. The fourth-order valence-electron chi connectivity index (χ4n) is 4.00. The van der Waals surface area contributed by atoms with E-state index < -0.39 is 18.0 Å². The molecule has 0 radical (unpaired) electrons. The van der Waals surface area contributed by atoms with Crippen molar-refractivity contribution >= 4 is 23.7 Å². The Morgan fingerprint density at radius 1 is 0.906 bits per heavy atom. The summed E-state index contributed by atoms with van der Waals surface area (Å²) in [4.78, 5) is 35.8. The number of hydrogen-bond acceptors (Lipinski definition) is 4. The molecule has 0 saturated carbocycles. The van der Waals surface area contributed by atoms with Gasteiger partial charge in [-0.1, -0.05) is 60.7 Å². The molecule has 0 aliphatic heterocycles. The Labute approximate surface area is 185 Å². The molecule has 32 heavy (non-hydrogen) atoms. The number of fused-ring (bicyclic) bond motifs is 3. The van der Waals surface area contributed by atoms with E-state index in [0.29, 0.717) is 5.56 Å². The fraction of sp³-hybridized carbons (Fsp3) is 0.160. The van der Waals surface area contributed by atoms with E-state index in [4.69, 9.17) is 4.74 Å². The van der Waals surface area contributed by atoms with Crippen LogP contribution >= 0.6 is 0 Å². The van der Waals surface area contributed by atoms with Crippen LogP contribution < -0.4 is 10.6 Å². The first-order valence-electron chi connectivity index (χ1n) is 10.2. The second-order valence-electron chi connectivity index (χ2n) is 7.53. The van der Waals surface area contributed by atoms with Crippen molar-refractivity contribution in [3.63, 3.8) is 0 Å². The molecule has 1 aliphatic carbocycles. The number of carbonyl (C=O) groups is 3. The number of aromatic carboxylic acids is 1. The lowest BCUT2D eigenvalue weighted by molar-refractivity contribution is -0.115. The van der Waals surface area contributed by atoms with Crippen molar-refractivity contribution in [2.45, 2.75) is 12.8 Å². The molecule has 3 N–H and O–H groups in total. The minimum absolute atomic E-state index is 0.0144. The third kappa shape index (κ3) is 4.18. The van der Waals surface area contributed by atoms with Gasteiger partial charge in [0.2, 0.25) is 5.91 Å². The molecule has 2 amide bonds. The molecule has 0 bridgehead atoms. The summed E-state index contributed by atoms with van der Waals surface area (Å²) in [6.45, 7) is 1.49. The first kappa shape index (κ1) is 21.1. The summed E-state index contributed by atoms with van der Waals surface area (Å²) in [5.74, 6) is -1.77. The lowest BCUT2D eigenvalue weighted by Crippen LogP contribution is -2.34. The summed E-state index contributed by atoms with van der Waals surface area (Å²) < 4.78 is 5.40. The van der Waals surface area contributed by atoms with Crippen molar-refractivity contribution < 1.29 is 24.2 Å². The number of alkyl carbamates (subject to hydrolysis) is 1. The van der Waals surface area contributed by atoms with Gasteiger partial charge in [0.15, 0.2) is 0 Å². The first-order valence-corrected chi connectivity index (χ1v) is 10.2. The lowest BCUT2D eigenvalue weighted by Gasteiger charge is -2.15. The van der Waals surface area contributed by atoms with Crippen LogP contribution in [0.5, 0.6) is 0 Å². The third-order valence-electron chi connectivity index (χ3n) is 5.50. The molecule has 3 aromatic rings. The number of carboxylic acids is 1. The number of carboxylic acid groups (broad SMARTS) is 1. The van der Waals surface area contributed by atoms with Crippen molar-refractivity contribution in [1.82, 2.24) is 5.32 Å². The number of para-hydroxylation sites is 1. The van der Waals surface area contributed by atoms with Crippen LogP contribution in [0.2, 0.25) is 0 Å². The molecule has 0 saturated heterocycles. The maximum atomic E-state index is 12.3. The first-order chi connectivity index (χ1) is 15.5. The zero-order valence-corrected chi connectivity index (χ0v) is 17.4. The number of ether oxygens (including phenoxy) is 1. The smallest absolute Gasteiger partial charge is 0.407 e. The Kier molecular flexibility index (Phi) is 5.89. The molecule has 0 atom stereocenters. The van der Waals surface area contributed by atoms with E-state index in [1.165, 1.54) is 6.07 Å². The number of amides is 2. The van der Waals surface area contributed by atoms with Crippen molar-refractivity contribution in [3.8, 4) is 11.1 Å². The number of hydrogen-bond donors (Lipinski definition) is 3. The third-order valence-corrected chi connectivity index (χ3v) is 5.50. The molecule has 162 valence electrons. The zero-order valence-electron chi connectivity index (χ0n) is 17.4.